The molecule has 0 aromatic heterocycles. The molecule has 3 saturated heterocycles. The highest BCUT2D eigenvalue weighted by Crippen LogP contribution is 2.87. The van der Waals surface area contributed by atoms with Crippen molar-refractivity contribution in [3.05, 3.63) is 59.7 Å². The molecule has 1 unspecified atom stereocenters. The van der Waals surface area contributed by atoms with E-state index >= 15 is 0 Å². The summed E-state index contributed by atoms with van der Waals surface area (Å²) in [7, 11) is -5.80. The van der Waals surface area contributed by atoms with Crippen LogP contribution in [-0.2, 0) is 22.6 Å². The van der Waals surface area contributed by atoms with E-state index in [-0.39, 0.29) is 0 Å². The number of rotatable bonds is 2. The first-order valence-electron chi connectivity index (χ1n) is 14.1. The van der Waals surface area contributed by atoms with Crippen molar-refractivity contribution in [2.24, 2.45) is 13.5 Å². The molecule has 6 aliphatic heterocycles. The minimum Gasteiger partial charge on any atom is -0.433 e. The van der Waals surface area contributed by atoms with Gasteiger partial charge in [0.05, 0.1) is 52.6 Å². The fraction of sp³-hybridized carbons (Fsp3) is 0.500. The van der Waals surface area contributed by atoms with Gasteiger partial charge in [0.2, 0.25) is 0 Å². The molecule has 18 heteroatoms. The molecule has 2 aromatic rings. The number of nitrogens with zero attached hydrogens (tertiary/aromatic N) is 7. The lowest BCUT2D eigenvalue weighted by Crippen LogP contribution is -2.46. The Morgan fingerprint density at radius 3 is 1.79 bits per heavy atom. The van der Waals surface area contributed by atoms with Crippen molar-refractivity contribution in [3.63, 3.8) is 0 Å². The summed E-state index contributed by atoms with van der Waals surface area (Å²) in [5.74, 6) is 1.45. The molecule has 0 saturated carbocycles. The first kappa shape index (κ1) is 28.9. The number of para-hydroxylation sites is 2. The zero-order valence-corrected chi connectivity index (χ0v) is 28.0. The molecule has 0 aliphatic carbocycles. The molecule has 3 bridgehead atoms. The van der Waals surface area contributed by atoms with Crippen LogP contribution >= 0.6 is 51.4 Å². The zero-order chi connectivity index (χ0) is 28.4. The van der Waals surface area contributed by atoms with Gasteiger partial charge in [-0.15, -0.1) is 9.34 Å². The van der Waals surface area contributed by atoms with E-state index in [9.17, 15) is 0 Å². The zero-order valence-electron chi connectivity index (χ0n) is 22.9. The summed E-state index contributed by atoms with van der Waals surface area (Å²) in [4.78, 5) is 3.87. The van der Waals surface area contributed by atoms with E-state index in [1.54, 1.807) is 0 Å². The molecule has 226 valence electrons. The topological polar surface area (TPSA) is 99.0 Å². The lowest BCUT2D eigenvalue weighted by atomic mass is 10.2. The smallest absolute Gasteiger partial charge is 0.411 e. The predicted octanol–water partition coefficient (Wildman–Crippen LogP) is 7.05. The fourth-order valence-electron chi connectivity index (χ4n) is 6.20. The maximum atomic E-state index is 7.75. The van der Waals surface area contributed by atoms with Crippen LogP contribution in [0.4, 0.5) is 0 Å². The van der Waals surface area contributed by atoms with Crippen molar-refractivity contribution in [3.8, 4) is 11.5 Å². The van der Waals surface area contributed by atoms with Crippen LogP contribution in [-0.4, -0.2) is 84.4 Å². The van der Waals surface area contributed by atoms with E-state index in [1.807, 2.05) is 36.4 Å². The van der Waals surface area contributed by atoms with Crippen LogP contribution in [0.3, 0.4) is 0 Å². The second kappa shape index (κ2) is 11.1. The van der Waals surface area contributed by atoms with E-state index in [2.05, 4.69) is 35.7 Å². The van der Waals surface area contributed by atoms with E-state index in [1.165, 1.54) is 0 Å². The summed E-state index contributed by atoms with van der Waals surface area (Å²) < 4.78 is 51.3. The Hall–Kier alpha value is -0.540. The van der Waals surface area contributed by atoms with Gasteiger partial charge in [-0.3, -0.25) is 0 Å². The van der Waals surface area contributed by atoms with Gasteiger partial charge in [-0.1, -0.05) is 36.4 Å². The normalized spacial score (nSPS) is 35.0. The first-order valence-corrected chi connectivity index (χ1v) is 22.4. The molecule has 1 spiro atoms. The van der Waals surface area contributed by atoms with Crippen LogP contribution in [0.2, 0.25) is 0 Å². The third-order valence-electron chi connectivity index (χ3n) is 8.18. The van der Waals surface area contributed by atoms with Crippen molar-refractivity contribution in [2.75, 3.05) is 65.7 Å². The van der Waals surface area contributed by atoms with Crippen LogP contribution < -0.4 is 13.9 Å². The lowest BCUT2D eigenvalue weighted by molar-refractivity contribution is 0.0563. The predicted molar refractivity (Wildman–Crippen MR) is 170 cm³/mol. The van der Waals surface area contributed by atoms with Gasteiger partial charge in [-0.05, 0) is 43.6 Å². The minimum absolute atomic E-state index is 0.574. The van der Waals surface area contributed by atoms with Crippen molar-refractivity contribution in [1.29, 1.82) is 0 Å². The Morgan fingerprint density at radius 2 is 1.21 bits per heavy atom. The lowest BCUT2D eigenvalue weighted by Gasteiger charge is -2.48. The first-order chi connectivity index (χ1) is 20.4. The molecule has 0 radical (unpaired) electrons. The molecule has 0 amide bonds. The molecule has 8 rings (SSSR count). The maximum Gasteiger partial charge on any atom is 0.411 e. The monoisotopic (exact) mass is 691 g/mol. The van der Waals surface area contributed by atoms with Crippen LogP contribution in [0.1, 0.15) is 11.1 Å². The minimum atomic E-state index is -3.38. The molecule has 6 aliphatic rings. The summed E-state index contributed by atoms with van der Waals surface area (Å²) in [6, 6.07) is 16.2. The second-order valence-electron chi connectivity index (χ2n) is 10.8. The summed E-state index contributed by atoms with van der Waals surface area (Å²) >= 11 is 15.5. The number of hydrogen-bond donors (Lipinski definition) is 1. The Bertz CT molecular complexity index is 1540. The molecular weight excluding hydrogens is 659 g/mol. The number of morpholine rings is 2. The number of ether oxygens (including phenoxy) is 2. The Balaban J connectivity index is 1.44. The molecule has 1 N–H and O–H groups in total. The SMILES string of the molecule is Cl[P@]12=N[P+]34N=[P@@](Cl)(NP(N5CCOCC5)(N5CCOCC5)=N1)Oc1ccccc1CN3CCN4Cc1ccccc1O2. The molecular formula is C24H33Cl2N8O4P4+. The van der Waals surface area contributed by atoms with E-state index in [0.717, 1.165) is 30.0 Å². The van der Waals surface area contributed by atoms with Gasteiger partial charge in [-0.25, -0.2) is 9.34 Å². The largest absolute Gasteiger partial charge is 0.433 e. The Morgan fingerprint density at radius 1 is 0.690 bits per heavy atom. The van der Waals surface area contributed by atoms with Gasteiger partial charge < -0.3 is 18.5 Å². The van der Waals surface area contributed by atoms with Gasteiger partial charge in [0, 0.05) is 37.3 Å². The molecule has 42 heavy (non-hydrogen) atoms. The van der Waals surface area contributed by atoms with Gasteiger partial charge in [0.15, 0.2) is 7.51 Å². The molecule has 6 heterocycles. The summed E-state index contributed by atoms with van der Waals surface area (Å²) in [6.45, 7) is 1.04. The number of nitrogens with one attached hydrogen (secondary N) is 1. The van der Waals surface area contributed by atoms with Gasteiger partial charge in [0.1, 0.15) is 11.5 Å². The van der Waals surface area contributed by atoms with Crippen molar-refractivity contribution in [2.45, 2.75) is 13.1 Å². The Kier molecular flexibility index (Phi) is 7.61. The molecule has 12 nitrogen and oxygen atoms in total. The highest BCUT2D eigenvalue weighted by atomic mass is 35.7. The van der Waals surface area contributed by atoms with Crippen LogP contribution in [0.25, 0.3) is 0 Å². The highest BCUT2D eigenvalue weighted by molar-refractivity contribution is 8.00. The summed E-state index contributed by atoms with van der Waals surface area (Å²) in [5, 5.41) is 0. The van der Waals surface area contributed by atoms with Crippen LogP contribution in [0.5, 0.6) is 11.5 Å². The summed E-state index contributed by atoms with van der Waals surface area (Å²) in [6.07, 6.45) is 0. The van der Waals surface area contributed by atoms with Crippen molar-refractivity contribution < 1.29 is 18.5 Å². The van der Waals surface area contributed by atoms with E-state index in [0.29, 0.717) is 71.4 Å². The van der Waals surface area contributed by atoms with E-state index in [4.69, 9.17) is 54.5 Å². The second-order valence-corrected chi connectivity index (χ2v) is 23.2. The standard InChI is InChI=1S/C24H33Cl2N8O4P4/c25-39-27-41(31-11-15-35-16-12-31,32-13-17-36-18-14-32)28-40(26)30-42(29-39)33(19-21-5-1-3-7-23(21)37-39)9-10-34(42)20-22-6-2-4-8-24(22)38-40/h1-8,27H,9-20H2/q+1/t39-,40-,42?/m1/s1. The molecule has 3 atom stereocenters. The third kappa shape index (κ3) is 4.96. The third-order valence-corrected chi connectivity index (χ3v) is 24.2. The number of halogens is 2. The van der Waals surface area contributed by atoms with Crippen LogP contribution in [0.15, 0.2) is 62.1 Å². The van der Waals surface area contributed by atoms with Gasteiger partial charge >= 0.3 is 21.4 Å². The van der Waals surface area contributed by atoms with Crippen molar-refractivity contribution in [1.82, 2.24) is 23.5 Å². The average molecular weight is 692 g/mol. The molecule has 3 fully saturated rings. The van der Waals surface area contributed by atoms with E-state index < -0.39 is 28.9 Å². The highest BCUT2D eigenvalue weighted by Gasteiger charge is 2.65. The Labute approximate surface area is 256 Å². The summed E-state index contributed by atoms with van der Waals surface area (Å²) in [5.41, 5.74) is 2.10. The van der Waals surface area contributed by atoms with Crippen molar-refractivity contribution >= 4 is 51.4 Å². The van der Waals surface area contributed by atoms with Gasteiger partial charge in [0.25, 0.3) is 0 Å². The number of benzene rings is 2. The molecule has 2 aromatic carbocycles. The van der Waals surface area contributed by atoms with Gasteiger partial charge in [-0.2, -0.15) is 9.37 Å². The van der Waals surface area contributed by atoms with Crippen LogP contribution in [0, 0.1) is 0 Å². The quantitative estimate of drug-likeness (QED) is 0.332. The number of hydrogen-bond acceptors (Lipinski definition) is 12. The number of fused-ring (bicyclic) bond motifs is 2. The maximum absolute atomic E-state index is 7.75. The fourth-order valence-corrected chi connectivity index (χ4v) is 25.7. The average Bonchev–Trinajstić information content (AvgIpc) is 3.27.